The third-order valence-corrected chi connectivity index (χ3v) is 5.00. The van der Waals surface area contributed by atoms with Crippen molar-refractivity contribution in [1.82, 2.24) is 29.6 Å². The molecule has 0 spiro atoms. The lowest BCUT2D eigenvalue weighted by atomic mass is 9.93. The number of terminal acetylenes is 1. The molecule has 25 heavy (non-hydrogen) atoms. The van der Waals surface area contributed by atoms with Crippen molar-refractivity contribution in [3.8, 4) is 12.3 Å². The van der Waals surface area contributed by atoms with E-state index in [9.17, 15) is 9.59 Å². The minimum Gasteiger partial charge on any atom is -0.345 e. The second kappa shape index (κ2) is 5.77. The number of hydrogen-bond donors (Lipinski definition) is 2. The zero-order valence-corrected chi connectivity index (χ0v) is 13.8. The summed E-state index contributed by atoms with van der Waals surface area (Å²) >= 11 is 0. The number of aromatic nitrogens is 5. The van der Waals surface area contributed by atoms with E-state index in [1.807, 2.05) is 6.07 Å². The van der Waals surface area contributed by atoms with Crippen LogP contribution < -0.4 is 5.69 Å². The smallest absolute Gasteiger partial charge is 0.328 e. The first-order chi connectivity index (χ1) is 12.1. The number of fused-ring (bicyclic) bond motifs is 3. The van der Waals surface area contributed by atoms with Gasteiger partial charge in [0.1, 0.15) is 5.52 Å². The molecule has 1 aliphatic heterocycles. The number of carbonyl (C=O) groups is 1. The zero-order chi connectivity index (χ0) is 17.6. The van der Waals surface area contributed by atoms with Gasteiger partial charge in [-0.1, -0.05) is 12.8 Å². The van der Waals surface area contributed by atoms with Crippen molar-refractivity contribution in [3.63, 3.8) is 0 Å². The Hall–Kier alpha value is -3.08. The van der Waals surface area contributed by atoms with Gasteiger partial charge in [-0.15, -0.1) is 16.6 Å². The number of nitrogens with zero attached hydrogens (tertiary/aromatic N) is 4. The third kappa shape index (κ3) is 2.39. The minimum absolute atomic E-state index is 0.0705. The van der Waals surface area contributed by atoms with Crippen LogP contribution >= 0.6 is 0 Å². The summed E-state index contributed by atoms with van der Waals surface area (Å²) in [4.78, 5) is 32.4. The van der Waals surface area contributed by atoms with Gasteiger partial charge in [0.25, 0.3) is 0 Å². The predicted octanol–water partition coefficient (Wildman–Crippen LogP) is 1.03. The molecular formula is C17H18N6O2. The van der Waals surface area contributed by atoms with Crippen LogP contribution in [0.2, 0.25) is 0 Å². The van der Waals surface area contributed by atoms with Crippen molar-refractivity contribution in [2.24, 2.45) is 5.92 Å². The topological polar surface area (TPSA) is 99.7 Å². The minimum atomic E-state index is -0.235. The number of amides is 1. The van der Waals surface area contributed by atoms with E-state index in [2.05, 4.69) is 33.0 Å². The SMILES string of the molecule is C#CCC(=O)N1CC[C@@H](C)[C@@H](n2c(=O)[nH]c3nnc4[nH]ccc4c32)C1. The van der Waals surface area contributed by atoms with Gasteiger partial charge in [0.05, 0.1) is 12.5 Å². The van der Waals surface area contributed by atoms with Crippen molar-refractivity contribution < 1.29 is 4.79 Å². The van der Waals surface area contributed by atoms with Gasteiger partial charge in [-0.25, -0.2) is 4.79 Å². The molecule has 2 N–H and O–H groups in total. The summed E-state index contributed by atoms with van der Waals surface area (Å²) in [5.41, 5.74) is 1.57. The van der Waals surface area contributed by atoms with E-state index in [0.29, 0.717) is 24.4 Å². The van der Waals surface area contributed by atoms with Gasteiger partial charge in [0.2, 0.25) is 5.91 Å². The first-order valence-electron chi connectivity index (χ1n) is 8.25. The molecule has 1 saturated heterocycles. The molecule has 2 atom stereocenters. The van der Waals surface area contributed by atoms with E-state index >= 15 is 0 Å². The monoisotopic (exact) mass is 338 g/mol. The molecule has 0 radical (unpaired) electrons. The lowest BCUT2D eigenvalue weighted by Crippen LogP contribution is -2.45. The first kappa shape index (κ1) is 15.4. The summed E-state index contributed by atoms with van der Waals surface area (Å²) in [5.74, 6) is 2.57. The Morgan fingerprint density at radius 2 is 2.24 bits per heavy atom. The Morgan fingerprint density at radius 3 is 3.04 bits per heavy atom. The molecule has 8 nitrogen and oxygen atoms in total. The maximum atomic E-state index is 12.6. The van der Waals surface area contributed by atoms with Crippen LogP contribution in [0.25, 0.3) is 22.2 Å². The third-order valence-electron chi connectivity index (χ3n) is 5.00. The number of hydrogen-bond acceptors (Lipinski definition) is 4. The van der Waals surface area contributed by atoms with E-state index < -0.39 is 0 Å². The van der Waals surface area contributed by atoms with Gasteiger partial charge in [-0.3, -0.25) is 14.3 Å². The molecule has 1 amide bonds. The molecular weight excluding hydrogens is 320 g/mol. The highest BCUT2D eigenvalue weighted by Gasteiger charge is 2.32. The molecule has 128 valence electrons. The van der Waals surface area contributed by atoms with Crippen LogP contribution in [0, 0.1) is 18.3 Å². The Labute approximate surface area is 143 Å². The standard InChI is InChI=1S/C17H18N6O2/c1-3-4-13(24)22-8-6-10(2)12(9-22)23-14-11-5-7-18-15(11)20-21-16(14)19-17(23)25/h1,5,7,10,12H,4,6,8-9H2,2H3,(H,18,20)(H,19,21,25)/t10-,12+/m1/s1. The molecule has 0 aliphatic carbocycles. The summed E-state index contributed by atoms with van der Waals surface area (Å²) in [5, 5.41) is 9.02. The maximum absolute atomic E-state index is 12.6. The highest BCUT2D eigenvalue weighted by molar-refractivity contribution is 5.99. The van der Waals surface area contributed by atoms with Crippen LogP contribution in [-0.4, -0.2) is 48.6 Å². The lowest BCUT2D eigenvalue weighted by Gasteiger charge is -2.37. The number of piperidine rings is 1. The fourth-order valence-electron chi connectivity index (χ4n) is 3.63. The maximum Gasteiger partial charge on any atom is 0.328 e. The summed E-state index contributed by atoms with van der Waals surface area (Å²) in [6, 6.07) is 1.74. The van der Waals surface area contributed by atoms with Gasteiger partial charge in [-0.05, 0) is 18.4 Å². The van der Waals surface area contributed by atoms with Gasteiger partial charge in [-0.2, -0.15) is 0 Å². The second-order valence-corrected chi connectivity index (χ2v) is 6.49. The summed E-state index contributed by atoms with van der Waals surface area (Å²) in [7, 11) is 0. The number of nitrogens with one attached hydrogen (secondary N) is 2. The van der Waals surface area contributed by atoms with Crippen molar-refractivity contribution in [3.05, 3.63) is 22.7 Å². The highest BCUT2D eigenvalue weighted by atomic mass is 16.2. The number of likely N-dealkylation sites (tertiary alicyclic amines) is 1. The highest BCUT2D eigenvalue weighted by Crippen LogP contribution is 2.31. The molecule has 3 aromatic rings. The van der Waals surface area contributed by atoms with Gasteiger partial charge in [0.15, 0.2) is 11.3 Å². The van der Waals surface area contributed by atoms with E-state index in [4.69, 9.17) is 6.42 Å². The molecule has 4 heterocycles. The van der Waals surface area contributed by atoms with Crippen LogP contribution in [0.4, 0.5) is 0 Å². The number of carbonyl (C=O) groups excluding carboxylic acids is 1. The molecule has 8 heteroatoms. The average Bonchev–Trinajstić information content (AvgIpc) is 3.18. The normalized spacial score (nSPS) is 20.9. The zero-order valence-electron chi connectivity index (χ0n) is 13.8. The fraction of sp³-hybridized carbons (Fsp3) is 0.412. The van der Waals surface area contributed by atoms with Crippen molar-refractivity contribution >= 4 is 28.1 Å². The summed E-state index contributed by atoms with van der Waals surface area (Å²) in [6.07, 6.45) is 7.93. The van der Waals surface area contributed by atoms with Gasteiger partial charge in [0, 0.05) is 24.7 Å². The Balaban J connectivity index is 1.84. The number of aromatic amines is 2. The number of rotatable bonds is 2. The van der Waals surface area contributed by atoms with Crippen LogP contribution in [-0.2, 0) is 4.79 Å². The van der Waals surface area contributed by atoms with Crippen LogP contribution in [0.1, 0.15) is 25.8 Å². The Kier molecular flexibility index (Phi) is 3.57. The molecule has 0 unspecified atom stereocenters. The quantitative estimate of drug-likeness (QED) is 0.682. The molecule has 1 aliphatic rings. The van der Waals surface area contributed by atoms with E-state index in [0.717, 1.165) is 17.3 Å². The lowest BCUT2D eigenvalue weighted by molar-refractivity contribution is -0.132. The van der Waals surface area contributed by atoms with Crippen LogP contribution in [0.5, 0.6) is 0 Å². The van der Waals surface area contributed by atoms with Crippen molar-refractivity contribution in [2.75, 3.05) is 13.1 Å². The Morgan fingerprint density at radius 1 is 1.44 bits per heavy atom. The fourth-order valence-corrected chi connectivity index (χ4v) is 3.63. The molecule has 3 aromatic heterocycles. The summed E-state index contributed by atoms with van der Waals surface area (Å²) in [6.45, 7) is 3.22. The average molecular weight is 338 g/mol. The van der Waals surface area contributed by atoms with E-state index in [1.165, 1.54) is 0 Å². The van der Waals surface area contributed by atoms with Crippen molar-refractivity contribution in [1.29, 1.82) is 0 Å². The molecule has 0 bridgehead atoms. The van der Waals surface area contributed by atoms with Gasteiger partial charge < -0.3 is 9.88 Å². The van der Waals surface area contributed by atoms with Crippen molar-refractivity contribution in [2.45, 2.75) is 25.8 Å². The molecule has 1 fully saturated rings. The van der Waals surface area contributed by atoms with Crippen LogP contribution in [0.15, 0.2) is 17.1 Å². The molecule has 4 rings (SSSR count). The molecule has 0 saturated carbocycles. The van der Waals surface area contributed by atoms with E-state index in [-0.39, 0.29) is 30.0 Å². The van der Waals surface area contributed by atoms with E-state index in [1.54, 1.807) is 15.7 Å². The number of H-pyrrole nitrogens is 2. The molecule has 0 aromatic carbocycles. The summed E-state index contributed by atoms with van der Waals surface area (Å²) < 4.78 is 1.72. The Bertz CT molecular complexity index is 1050. The van der Waals surface area contributed by atoms with Gasteiger partial charge >= 0.3 is 5.69 Å². The predicted molar refractivity (Wildman–Crippen MR) is 92.9 cm³/mol. The second-order valence-electron chi connectivity index (χ2n) is 6.49. The first-order valence-corrected chi connectivity index (χ1v) is 8.25. The van der Waals surface area contributed by atoms with Crippen LogP contribution in [0.3, 0.4) is 0 Å². The largest absolute Gasteiger partial charge is 0.345 e. The number of imidazole rings is 1.